The zero-order valence-corrected chi connectivity index (χ0v) is 14.6. The van der Waals surface area contributed by atoms with E-state index in [9.17, 15) is 18.0 Å². The van der Waals surface area contributed by atoms with Gasteiger partial charge in [-0.2, -0.15) is 4.31 Å². The molecule has 1 saturated heterocycles. The van der Waals surface area contributed by atoms with Crippen LogP contribution >= 0.6 is 0 Å². The fourth-order valence-corrected chi connectivity index (χ4v) is 4.38. The minimum atomic E-state index is -3.68. The van der Waals surface area contributed by atoms with E-state index in [-0.39, 0.29) is 16.5 Å². The first kappa shape index (κ1) is 18.4. The van der Waals surface area contributed by atoms with E-state index in [4.69, 9.17) is 10.5 Å². The third kappa shape index (κ3) is 3.93. The van der Waals surface area contributed by atoms with E-state index in [1.807, 2.05) is 6.92 Å². The molecule has 8 heteroatoms. The lowest BCUT2D eigenvalue weighted by molar-refractivity contribution is -0.125. The van der Waals surface area contributed by atoms with Crippen molar-refractivity contribution in [3.63, 3.8) is 0 Å². The summed E-state index contributed by atoms with van der Waals surface area (Å²) < 4.78 is 32.0. The molecular formula is C16H22N2O5S. The van der Waals surface area contributed by atoms with Crippen molar-refractivity contribution in [2.24, 2.45) is 5.73 Å². The number of carbonyl (C=O) groups is 2. The van der Waals surface area contributed by atoms with E-state index < -0.39 is 28.0 Å². The number of nitrogens with zero attached hydrogens (tertiary/aromatic N) is 1. The fourth-order valence-electron chi connectivity index (χ4n) is 2.63. The monoisotopic (exact) mass is 354 g/mol. The predicted molar refractivity (Wildman–Crippen MR) is 87.7 cm³/mol. The van der Waals surface area contributed by atoms with Crippen LogP contribution in [-0.4, -0.2) is 43.3 Å². The Morgan fingerprint density at radius 2 is 2.04 bits per heavy atom. The molecule has 1 heterocycles. The first-order valence-electron chi connectivity index (χ1n) is 7.85. The van der Waals surface area contributed by atoms with Gasteiger partial charge in [0.05, 0.1) is 10.5 Å². The SMILES string of the molecule is C[C@H](OC(=O)c1cccc(S(=O)(=O)N2CCCC[C@H]2C)c1)C(N)=O. The molecule has 0 aromatic heterocycles. The van der Waals surface area contributed by atoms with Crippen molar-refractivity contribution in [2.75, 3.05) is 6.54 Å². The van der Waals surface area contributed by atoms with E-state index in [0.29, 0.717) is 6.54 Å². The molecule has 0 bridgehead atoms. The Kier molecular flexibility index (Phi) is 5.61. The van der Waals surface area contributed by atoms with Gasteiger partial charge in [-0.05, 0) is 44.9 Å². The van der Waals surface area contributed by atoms with Gasteiger partial charge in [0.1, 0.15) is 0 Å². The number of rotatable bonds is 5. The summed E-state index contributed by atoms with van der Waals surface area (Å²) in [4.78, 5) is 23.1. The second-order valence-electron chi connectivity index (χ2n) is 5.94. The lowest BCUT2D eigenvalue weighted by Gasteiger charge is -2.32. The standard InChI is InChI=1S/C16H22N2O5S/c1-11-6-3-4-9-18(11)24(21,22)14-8-5-7-13(10-14)16(20)23-12(2)15(17)19/h5,7-8,10-12H,3-4,6,9H2,1-2H3,(H2,17,19)/t11-,12+/m1/s1. The highest BCUT2D eigenvalue weighted by atomic mass is 32.2. The molecule has 0 unspecified atom stereocenters. The number of ether oxygens (including phenoxy) is 1. The molecule has 1 amide bonds. The molecule has 1 fully saturated rings. The highest BCUT2D eigenvalue weighted by Gasteiger charge is 2.31. The number of carbonyl (C=O) groups excluding carboxylic acids is 2. The molecular weight excluding hydrogens is 332 g/mol. The van der Waals surface area contributed by atoms with E-state index in [1.54, 1.807) is 0 Å². The fraction of sp³-hybridized carbons (Fsp3) is 0.500. The summed E-state index contributed by atoms with van der Waals surface area (Å²) in [6.07, 6.45) is 1.56. The van der Waals surface area contributed by atoms with Gasteiger partial charge < -0.3 is 10.5 Å². The van der Waals surface area contributed by atoms with Gasteiger partial charge in [0.15, 0.2) is 6.10 Å². The minimum Gasteiger partial charge on any atom is -0.449 e. The molecule has 1 aromatic rings. The van der Waals surface area contributed by atoms with Gasteiger partial charge in [0.2, 0.25) is 10.0 Å². The smallest absolute Gasteiger partial charge is 0.338 e. The molecule has 1 aliphatic rings. The molecule has 24 heavy (non-hydrogen) atoms. The third-order valence-electron chi connectivity index (χ3n) is 4.10. The molecule has 0 radical (unpaired) electrons. The molecule has 0 spiro atoms. The number of amides is 1. The van der Waals surface area contributed by atoms with Crippen LogP contribution in [0.2, 0.25) is 0 Å². The van der Waals surface area contributed by atoms with Crippen molar-refractivity contribution in [1.82, 2.24) is 4.31 Å². The van der Waals surface area contributed by atoms with Crippen molar-refractivity contribution < 1.29 is 22.7 Å². The number of benzene rings is 1. The topological polar surface area (TPSA) is 107 Å². The Bertz CT molecular complexity index is 732. The van der Waals surface area contributed by atoms with Gasteiger partial charge in [0, 0.05) is 12.6 Å². The minimum absolute atomic E-state index is 0.0393. The average molecular weight is 354 g/mol. The quantitative estimate of drug-likeness (QED) is 0.802. The van der Waals surface area contributed by atoms with Gasteiger partial charge in [-0.15, -0.1) is 0 Å². The first-order valence-corrected chi connectivity index (χ1v) is 9.29. The van der Waals surface area contributed by atoms with Crippen LogP contribution in [0.1, 0.15) is 43.5 Å². The van der Waals surface area contributed by atoms with E-state index in [1.165, 1.54) is 35.5 Å². The lowest BCUT2D eigenvalue weighted by Crippen LogP contribution is -2.41. The highest BCUT2D eigenvalue weighted by Crippen LogP contribution is 2.25. The summed E-state index contributed by atoms with van der Waals surface area (Å²) in [6.45, 7) is 3.70. The molecule has 1 aliphatic heterocycles. The van der Waals surface area contributed by atoms with Gasteiger partial charge in [0.25, 0.3) is 5.91 Å². The van der Waals surface area contributed by atoms with Gasteiger partial charge in [-0.1, -0.05) is 12.5 Å². The van der Waals surface area contributed by atoms with Crippen molar-refractivity contribution in [2.45, 2.75) is 50.2 Å². The maximum atomic E-state index is 12.8. The van der Waals surface area contributed by atoms with Crippen molar-refractivity contribution >= 4 is 21.9 Å². The third-order valence-corrected chi connectivity index (χ3v) is 6.11. The number of hydrogen-bond donors (Lipinski definition) is 1. The Labute approximate surface area is 141 Å². The van der Waals surface area contributed by atoms with Crippen LogP contribution in [0.4, 0.5) is 0 Å². The van der Waals surface area contributed by atoms with Gasteiger partial charge in [-0.25, -0.2) is 13.2 Å². The molecule has 0 aliphatic carbocycles. The Hall–Kier alpha value is -1.93. The highest BCUT2D eigenvalue weighted by molar-refractivity contribution is 7.89. The Morgan fingerprint density at radius 3 is 2.67 bits per heavy atom. The van der Waals surface area contributed by atoms with Crippen molar-refractivity contribution in [3.8, 4) is 0 Å². The molecule has 0 saturated carbocycles. The lowest BCUT2D eigenvalue weighted by atomic mass is 10.1. The maximum absolute atomic E-state index is 12.8. The second kappa shape index (κ2) is 7.31. The number of primary amides is 1. The molecule has 1 aromatic carbocycles. The van der Waals surface area contributed by atoms with E-state index in [0.717, 1.165) is 19.3 Å². The maximum Gasteiger partial charge on any atom is 0.338 e. The van der Waals surface area contributed by atoms with Gasteiger partial charge in [-0.3, -0.25) is 4.79 Å². The summed E-state index contributed by atoms with van der Waals surface area (Å²) >= 11 is 0. The van der Waals surface area contributed by atoms with Crippen molar-refractivity contribution in [1.29, 1.82) is 0 Å². The summed E-state index contributed by atoms with van der Waals surface area (Å²) in [5.74, 6) is -1.56. The van der Waals surface area contributed by atoms with Crippen LogP contribution in [0, 0.1) is 0 Å². The van der Waals surface area contributed by atoms with Crippen LogP contribution in [-0.2, 0) is 19.6 Å². The number of sulfonamides is 1. The zero-order chi connectivity index (χ0) is 17.9. The average Bonchev–Trinajstić information content (AvgIpc) is 2.55. The van der Waals surface area contributed by atoms with E-state index in [2.05, 4.69) is 0 Å². The van der Waals surface area contributed by atoms with Crippen LogP contribution in [0.5, 0.6) is 0 Å². The molecule has 2 rings (SSSR count). The van der Waals surface area contributed by atoms with Crippen molar-refractivity contribution in [3.05, 3.63) is 29.8 Å². The zero-order valence-electron chi connectivity index (χ0n) is 13.8. The van der Waals surface area contributed by atoms with Crippen LogP contribution in [0.25, 0.3) is 0 Å². The molecule has 2 N–H and O–H groups in total. The van der Waals surface area contributed by atoms with E-state index >= 15 is 0 Å². The normalized spacial score (nSPS) is 20.3. The second-order valence-corrected chi connectivity index (χ2v) is 7.83. The Balaban J connectivity index is 2.26. The summed E-state index contributed by atoms with van der Waals surface area (Å²) in [7, 11) is -3.68. The van der Waals surface area contributed by atoms with Crippen LogP contribution in [0.3, 0.4) is 0 Å². The van der Waals surface area contributed by atoms with Crippen LogP contribution < -0.4 is 5.73 Å². The number of hydrogen-bond acceptors (Lipinski definition) is 5. The largest absolute Gasteiger partial charge is 0.449 e. The number of esters is 1. The summed E-state index contributed by atoms with van der Waals surface area (Å²) in [5.41, 5.74) is 5.12. The number of nitrogens with two attached hydrogens (primary N) is 1. The molecule has 7 nitrogen and oxygen atoms in total. The van der Waals surface area contributed by atoms with Gasteiger partial charge >= 0.3 is 5.97 Å². The predicted octanol–water partition coefficient (Wildman–Crippen LogP) is 1.28. The number of piperidine rings is 1. The van der Waals surface area contributed by atoms with Crippen LogP contribution in [0.15, 0.2) is 29.2 Å². The Morgan fingerprint density at radius 1 is 1.33 bits per heavy atom. The summed E-state index contributed by atoms with van der Waals surface area (Å²) in [5, 5.41) is 0. The first-order chi connectivity index (χ1) is 11.2. The summed E-state index contributed by atoms with van der Waals surface area (Å²) in [6, 6.07) is 5.56. The molecule has 2 atom stereocenters. The molecule has 132 valence electrons.